The zero-order chi connectivity index (χ0) is 17.6. The smallest absolute Gasteiger partial charge is 0.266 e. The quantitative estimate of drug-likeness (QED) is 0.628. The van der Waals surface area contributed by atoms with Gasteiger partial charge in [-0.2, -0.15) is 5.26 Å². The molecule has 0 bridgehead atoms. The van der Waals surface area contributed by atoms with E-state index in [0.717, 1.165) is 22.7 Å². The number of aromatic nitrogens is 1. The second kappa shape index (κ2) is 8.04. The van der Waals surface area contributed by atoms with Crippen LogP contribution in [0.3, 0.4) is 0 Å². The normalized spacial score (nSPS) is 15.6. The largest absolute Gasteiger partial charge is 0.321 e. The molecular formula is C19H18FN3OS. The first-order valence-corrected chi connectivity index (χ1v) is 9.12. The van der Waals surface area contributed by atoms with Gasteiger partial charge in [-0.25, -0.2) is 9.37 Å². The van der Waals surface area contributed by atoms with Crippen LogP contribution in [0, 0.1) is 17.1 Å². The van der Waals surface area contributed by atoms with E-state index in [1.165, 1.54) is 43.5 Å². The molecule has 1 aromatic carbocycles. The minimum Gasteiger partial charge on any atom is -0.321 e. The number of rotatable bonds is 4. The number of thiazole rings is 1. The van der Waals surface area contributed by atoms with E-state index in [1.807, 2.05) is 6.07 Å². The first-order chi connectivity index (χ1) is 12.2. The van der Waals surface area contributed by atoms with Crippen LogP contribution in [0.25, 0.3) is 6.08 Å². The van der Waals surface area contributed by atoms with E-state index in [4.69, 9.17) is 0 Å². The molecule has 1 heterocycles. The second-order valence-corrected chi connectivity index (χ2v) is 7.16. The molecule has 1 amide bonds. The number of carbonyl (C=O) groups is 1. The zero-order valence-corrected chi connectivity index (χ0v) is 14.5. The molecule has 1 aliphatic carbocycles. The van der Waals surface area contributed by atoms with Gasteiger partial charge in [-0.05, 0) is 43.2 Å². The van der Waals surface area contributed by atoms with Crippen molar-refractivity contribution in [3.05, 3.63) is 51.7 Å². The number of nitrogens with one attached hydrogen (secondary N) is 1. The molecule has 0 radical (unpaired) electrons. The Labute approximate surface area is 150 Å². The topological polar surface area (TPSA) is 65.8 Å². The molecule has 0 spiro atoms. The fraction of sp³-hybridized carbons (Fsp3) is 0.316. The Morgan fingerprint density at radius 1 is 1.28 bits per heavy atom. The van der Waals surface area contributed by atoms with Gasteiger partial charge in [0.05, 0.1) is 5.01 Å². The molecular weight excluding hydrogens is 337 g/mol. The maximum absolute atomic E-state index is 12.9. The Balaban J connectivity index is 1.71. The van der Waals surface area contributed by atoms with Gasteiger partial charge in [0.15, 0.2) is 0 Å². The van der Waals surface area contributed by atoms with Gasteiger partial charge in [-0.1, -0.05) is 19.3 Å². The lowest BCUT2D eigenvalue weighted by Gasteiger charge is -2.18. The third-order valence-corrected chi connectivity index (χ3v) is 5.36. The van der Waals surface area contributed by atoms with Crippen molar-refractivity contribution in [2.45, 2.75) is 38.0 Å². The van der Waals surface area contributed by atoms with Crippen molar-refractivity contribution in [1.82, 2.24) is 4.98 Å². The molecule has 0 saturated heterocycles. The van der Waals surface area contributed by atoms with Crippen LogP contribution in [0.15, 0.2) is 36.0 Å². The molecule has 1 aliphatic rings. The molecule has 1 saturated carbocycles. The fourth-order valence-corrected chi connectivity index (χ4v) is 3.96. The molecule has 3 rings (SSSR count). The van der Waals surface area contributed by atoms with E-state index in [0.29, 0.717) is 11.6 Å². The highest BCUT2D eigenvalue weighted by atomic mass is 32.1. The highest BCUT2D eigenvalue weighted by Gasteiger charge is 2.19. The Hall–Kier alpha value is -2.52. The summed E-state index contributed by atoms with van der Waals surface area (Å²) in [5, 5.41) is 13.0. The highest BCUT2D eigenvalue weighted by molar-refractivity contribution is 7.12. The molecule has 25 heavy (non-hydrogen) atoms. The SMILES string of the molecule is N#C/C(=C\c1cnc(C2CCCCC2)s1)C(=O)Nc1ccc(F)cc1. The van der Waals surface area contributed by atoms with Crippen molar-refractivity contribution in [3.8, 4) is 6.07 Å². The highest BCUT2D eigenvalue weighted by Crippen LogP contribution is 2.35. The molecule has 128 valence electrons. The van der Waals surface area contributed by atoms with Crippen LogP contribution >= 0.6 is 11.3 Å². The van der Waals surface area contributed by atoms with Gasteiger partial charge in [0.1, 0.15) is 17.5 Å². The van der Waals surface area contributed by atoms with Crippen LogP contribution in [-0.2, 0) is 4.79 Å². The molecule has 6 heteroatoms. The molecule has 1 N–H and O–H groups in total. The Bertz CT molecular complexity index is 814. The summed E-state index contributed by atoms with van der Waals surface area (Å²) >= 11 is 1.54. The van der Waals surface area contributed by atoms with Crippen molar-refractivity contribution in [3.63, 3.8) is 0 Å². The van der Waals surface area contributed by atoms with E-state index in [-0.39, 0.29) is 11.4 Å². The molecule has 4 nitrogen and oxygen atoms in total. The summed E-state index contributed by atoms with van der Waals surface area (Å²) in [6.45, 7) is 0. The standard InChI is InChI=1S/C19H18FN3OS/c20-15-6-8-16(9-7-15)23-18(24)14(11-21)10-17-12-22-19(25-17)13-4-2-1-3-5-13/h6-10,12-13H,1-5H2,(H,23,24)/b14-10+. The lowest BCUT2D eigenvalue weighted by Crippen LogP contribution is -2.13. The number of amides is 1. The van der Waals surface area contributed by atoms with E-state index in [9.17, 15) is 14.4 Å². The molecule has 0 aliphatic heterocycles. The van der Waals surface area contributed by atoms with Crippen molar-refractivity contribution in [1.29, 1.82) is 5.26 Å². The average molecular weight is 355 g/mol. The maximum atomic E-state index is 12.9. The van der Waals surface area contributed by atoms with E-state index < -0.39 is 5.91 Å². The zero-order valence-electron chi connectivity index (χ0n) is 13.7. The summed E-state index contributed by atoms with van der Waals surface area (Å²) < 4.78 is 12.9. The summed E-state index contributed by atoms with van der Waals surface area (Å²) in [5.74, 6) is -0.393. The summed E-state index contributed by atoms with van der Waals surface area (Å²) in [7, 11) is 0. The summed E-state index contributed by atoms with van der Waals surface area (Å²) in [5.41, 5.74) is 0.447. The number of hydrogen-bond acceptors (Lipinski definition) is 4. The van der Waals surface area contributed by atoms with Crippen LogP contribution < -0.4 is 5.32 Å². The first-order valence-electron chi connectivity index (χ1n) is 8.30. The van der Waals surface area contributed by atoms with E-state index >= 15 is 0 Å². The van der Waals surface area contributed by atoms with Gasteiger partial charge < -0.3 is 5.32 Å². The second-order valence-electron chi connectivity index (χ2n) is 6.07. The van der Waals surface area contributed by atoms with Crippen LogP contribution in [0.4, 0.5) is 10.1 Å². The lowest BCUT2D eigenvalue weighted by atomic mass is 9.90. The third-order valence-electron chi connectivity index (χ3n) is 4.25. The molecule has 1 aromatic heterocycles. The summed E-state index contributed by atoms with van der Waals surface area (Å²) in [4.78, 5) is 17.5. The molecule has 1 fully saturated rings. The Morgan fingerprint density at radius 3 is 2.68 bits per heavy atom. The Kier molecular flexibility index (Phi) is 5.56. The minimum absolute atomic E-state index is 0.00293. The first kappa shape index (κ1) is 17.3. The number of hydrogen-bond donors (Lipinski definition) is 1. The molecule has 0 atom stereocenters. The third kappa shape index (κ3) is 4.52. The number of nitriles is 1. The molecule has 2 aromatic rings. The van der Waals surface area contributed by atoms with E-state index in [1.54, 1.807) is 23.6 Å². The van der Waals surface area contributed by atoms with Gasteiger partial charge in [0.2, 0.25) is 0 Å². The van der Waals surface area contributed by atoms with Crippen molar-refractivity contribution in [2.24, 2.45) is 0 Å². The van der Waals surface area contributed by atoms with Crippen molar-refractivity contribution < 1.29 is 9.18 Å². The monoisotopic (exact) mass is 355 g/mol. The van der Waals surface area contributed by atoms with Gasteiger partial charge in [0.25, 0.3) is 5.91 Å². The maximum Gasteiger partial charge on any atom is 0.266 e. The van der Waals surface area contributed by atoms with Gasteiger partial charge >= 0.3 is 0 Å². The van der Waals surface area contributed by atoms with Crippen LogP contribution in [0.1, 0.15) is 47.9 Å². The van der Waals surface area contributed by atoms with Gasteiger partial charge in [-0.15, -0.1) is 11.3 Å². The average Bonchev–Trinajstić information content (AvgIpc) is 3.11. The predicted molar refractivity (Wildman–Crippen MR) is 96.6 cm³/mol. The van der Waals surface area contributed by atoms with Crippen LogP contribution in [-0.4, -0.2) is 10.9 Å². The Morgan fingerprint density at radius 2 is 2.00 bits per heavy atom. The number of nitrogens with zero attached hydrogens (tertiary/aromatic N) is 2. The predicted octanol–water partition coefficient (Wildman–Crippen LogP) is 4.88. The summed E-state index contributed by atoms with van der Waals surface area (Å²) in [6, 6.07) is 7.34. The van der Waals surface area contributed by atoms with Crippen LogP contribution in [0.2, 0.25) is 0 Å². The molecule has 0 unspecified atom stereocenters. The van der Waals surface area contributed by atoms with E-state index in [2.05, 4.69) is 10.3 Å². The van der Waals surface area contributed by atoms with Crippen molar-refractivity contribution in [2.75, 3.05) is 5.32 Å². The number of halogens is 1. The fourth-order valence-electron chi connectivity index (χ4n) is 2.93. The lowest BCUT2D eigenvalue weighted by molar-refractivity contribution is -0.112. The summed E-state index contributed by atoms with van der Waals surface area (Å²) in [6.07, 6.45) is 9.36. The van der Waals surface area contributed by atoms with Crippen molar-refractivity contribution >= 4 is 29.0 Å². The number of benzene rings is 1. The minimum atomic E-state index is -0.512. The van der Waals surface area contributed by atoms with Gasteiger partial charge in [0, 0.05) is 22.7 Å². The van der Waals surface area contributed by atoms with Crippen LogP contribution in [0.5, 0.6) is 0 Å². The number of anilines is 1. The van der Waals surface area contributed by atoms with Gasteiger partial charge in [-0.3, -0.25) is 4.79 Å². The number of carbonyl (C=O) groups excluding carboxylic acids is 1.